The number of carboxylic acid groups (broad SMARTS) is 2. The summed E-state index contributed by atoms with van der Waals surface area (Å²) in [6.45, 7) is 5.56. The fourth-order valence-corrected chi connectivity index (χ4v) is 7.13. The average Bonchev–Trinajstić information content (AvgIpc) is 3.98. The van der Waals surface area contributed by atoms with E-state index in [4.69, 9.17) is 22.3 Å². The lowest BCUT2D eigenvalue weighted by Gasteiger charge is -2.32. The number of aliphatic carboxylic acids is 2. The number of carboxylic acids is 2. The van der Waals surface area contributed by atoms with Crippen molar-refractivity contribution in [2.45, 2.75) is 146 Å². The molecule has 9 atom stereocenters. The molecule has 0 aromatic carbocycles. The predicted molar refractivity (Wildman–Crippen MR) is 235 cm³/mol. The van der Waals surface area contributed by atoms with Crippen LogP contribution in [0.25, 0.3) is 0 Å². The maximum atomic E-state index is 14.2. The summed E-state index contributed by atoms with van der Waals surface area (Å²) in [6.07, 6.45) is -1.43. The average molecular weight is 954 g/mol. The molecule has 67 heavy (non-hydrogen) atoms. The Morgan fingerprint density at radius 2 is 1.31 bits per heavy atom. The van der Waals surface area contributed by atoms with Gasteiger partial charge in [-0.05, 0) is 77.7 Å². The smallest absolute Gasteiger partial charge is 0.325 e. The van der Waals surface area contributed by atoms with Gasteiger partial charge in [-0.3, -0.25) is 57.7 Å². The van der Waals surface area contributed by atoms with Crippen LogP contribution in [0.2, 0.25) is 0 Å². The van der Waals surface area contributed by atoms with Crippen molar-refractivity contribution in [3.8, 4) is 0 Å². The van der Waals surface area contributed by atoms with Gasteiger partial charge in [-0.1, -0.05) is 13.8 Å². The minimum Gasteiger partial charge on any atom is -0.481 e. The first-order valence-electron chi connectivity index (χ1n) is 22.0. The van der Waals surface area contributed by atoms with Gasteiger partial charge in [-0.2, -0.15) is 0 Å². The topological polar surface area (TPSA) is 438 Å². The van der Waals surface area contributed by atoms with Gasteiger partial charge in [0.15, 0.2) is 5.96 Å². The maximum absolute atomic E-state index is 14.2. The molecule has 0 saturated carbocycles. The number of hydrogen-bond donors (Lipinski definition) is 14. The summed E-state index contributed by atoms with van der Waals surface area (Å²) in [7, 11) is 0. The Labute approximate surface area is 386 Å². The molecule has 0 bridgehead atoms. The second-order valence-electron chi connectivity index (χ2n) is 16.7. The SMILES string of the molecule is CC(C)[C@H](NC(=O)[C@H](CCCN=C(N)N)NC(=O)[C@H](CCC(=O)O)NC(=O)[C@@H]1CCCN1)C(=O)N1CCC[C@H]1C(=O)N[C@H](C(=O)N[C@@H](CCC(N)=O)C(=O)NCC(=O)N[C@@H](C)C(=O)O)[C@@H](C)O. The highest BCUT2D eigenvalue weighted by atomic mass is 16.4. The molecule has 2 saturated heterocycles. The van der Waals surface area contributed by atoms with Gasteiger partial charge in [0.05, 0.1) is 18.7 Å². The molecule has 27 heteroatoms. The van der Waals surface area contributed by atoms with Gasteiger partial charge in [0, 0.05) is 25.9 Å². The van der Waals surface area contributed by atoms with E-state index in [0.29, 0.717) is 25.8 Å². The lowest BCUT2D eigenvalue weighted by molar-refractivity contribution is -0.144. The van der Waals surface area contributed by atoms with E-state index in [2.05, 4.69) is 47.5 Å². The molecule has 2 heterocycles. The Kier molecular flexibility index (Phi) is 23.4. The van der Waals surface area contributed by atoms with Crippen molar-refractivity contribution in [2.75, 3.05) is 26.2 Å². The second-order valence-corrected chi connectivity index (χ2v) is 16.7. The Bertz CT molecular complexity index is 1840. The Hall–Kier alpha value is -6.64. The molecular weight excluding hydrogens is 887 g/mol. The first-order chi connectivity index (χ1) is 31.4. The minimum atomic E-state index is -1.73. The molecule has 0 radical (unpaired) electrons. The van der Waals surface area contributed by atoms with Crippen molar-refractivity contribution in [1.82, 2.24) is 47.4 Å². The lowest BCUT2D eigenvalue weighted by Crippen LogP contribution is -2.61. The van der Waals surface area contributed by atoms with Crippen LogP contribution in [0.5, 0.6) is 0 Å². The van der Waals surface area contributed by atoms with Crippen LogP contribution in [0.15, 0.2) is 4.99 Å². The first-order valence-corrected chi connectivity index (χ1v) is 22.0. The van der Waals surface area contributed by atoms with Crippen LogP contribution in [-0.4, -0.2) is 172 Å². The van der Waals surface area contributed by atoms with E-state index in [1.165, 1.54) is 18.7 Å². The Balaban J connectivity index is 2.28. The van der Waals surface area contributed by atoms with Crippen molar-refractivity contribution < 1.29 is 68.1 Å². The third-order valence-corrected chi connectivity index (χ3v) is 10.9. The van der Waals surface area contributed by atoms with Crippen molar-refractivity contribution >= 4 is 71.1 Å². The Morgan fingerprint density at radius 3 is 1.88 bits per heavy atom. The molecule has 376 valence electrons. The highest BCUT2D eigenvalue weighted by molar-refractivity contribution is 5.98. The van der Waals surface area contributed by atoms with E-state index < -0.39 is 145 Å². The highest BCUT2D eigenvalue weighted by Gasteiger charge is 2.41. The molecule has 0 spiro atoms. The number of carbonyl (C=O) groups is 11. The molecule has 9 amide bonds. The number of primary amides is 1. The lowest BCUT2D eigenvalue weighted by atomic mass is 10.0. The van der Waals surface area contributed by atoms with E-state index >= 15 is 0 Å². The van der Waals surface area contributed by atoms with Gasteiger partial charge in [0.2, 0.25) is 53.2 Å². The number of carbonyl (C=O) groups excluding carboxylic acids is 9. The van der Waals surface area contributed by atoms with Crippen LogP contribution in [-0.2, 0) is 52.7 Å². The van der Waals surface area contributed by atoms with Crippen LogP contribution in [0.4, 0.5) is 0 Å². The number of aliphatic hydroxyl groups is 1. The molecule has 0 aromatic heterocycles. The summed E-state index contributed by atoms with van der Waals surface area (Å²) in [5.41, 5.74) is 16.1. The zero-order chi connectivity index (χ0) is 50.5. The van der Waals surface area contributed by atoms with E-state index in [-0.39, 0.29) is 51.2 Å². The van der Waals surface area contributed by atoms with Crippen molar-refractivity contribution in [3.05, 3.63) is 0 Å². The fraction of sp³-hybridized carbons (Fsp3) is 0.700. The summed E-state index contributed by atoms with van der Waals surface area (Å²) < 4.78 is 0. The van der Waals surface area contributed by atoms with Crippen LogP contribution < -0.4 is 59.7 Å². The van der Waals surface area contributed by atoms with Gasteiger partial charge in [0.1, 0.15) is 42.3 Å². The number of amides is 9. The molecule has 0 aliphatic carbocycles. The third-order valence-electron chi connectivity index (χ3n) is 10.9. The monoisotopic (exact) mass is 953 g/mol. The number of hydrogen-bond acceptors (Lipinski definition) is 14. The van der Waals surface area contributed by atoms with E-state index in [1.54, 1.807) is 13.8 Å². The summed E-state index contributed by atoms with van der Waals surface area (Å²) in [6, 6.07) is -10.3. The molecule has 2 aliphatic rings. The molecule has 17 N–H and O–H groups in total. The number of guanidine groups is 1. The number of nitrogens with two attached hydrogens (primary N) is 3. The molecule has 2 rings (SSSR count). The van der Waals surface area contributed by atoms with Gasteiger partial charge in [-0.15, -0.1) is 0 Å². The zero-order valence-electron chi connectivity index (χ0n) is 38.1. The highest BCUT2D eigenvalue weighted by Crippen LogP contribution is 2.21. The summed E-state index contributed by atoms with van der Waals surface area (Å²) in [5.74, 6) is -11.0. The summed E-state index contributed by atoms with van der Waals surface area (Å²) >= 11 is 0. The standard InChI is InChI=1S/C40H67N13O14/c1-19(2)30(51-35(62)23(9-6-16-45-40(42)43)48-34(61)25(12-14-29(57)58)49-33(60)22-8-5-15-44-22)38(65)53-17-7-10-26(53)36(63)52-31(21(4)54)37(64)50-24(11-13-27(41)55)32(59)46-18-28(56)47-20(3)39(66)67/h19-26,30-31,44,54H,5-18H2,1-4H3,(H2,41,55)(H,46,59)(H,47,56)(H,48,61)(H,49,60)(H,50,64)(H,51,62)(H,52,63)(H,57,58)(H,66,67)(H4,42,43,45)/t20-,21+,22-,23-,24-,25-,26-,30-,31-/m0/s1. The van der Waals surface area contributed by atoms with E-state index in [9.17, 15) is 63.0 Å². The van der Waals surface area contributed by atoms with Crippen LogP contribution in [0, 0.1) is 5.92 Å². The number of rotatable bonds is 28. The number of aliphatic hydroxyl groups excluding tert-OH is 1. The van der Waals surface area contributed by atoms with Crippen molar-refractivity contribution in [3.63, 3.8) is 0 Å². The van der Waals surface area contributed by atoms with Gasteiger partial charge in [-0.25, -0.2) is 0 Å². The third kappa shape index (κ3) is 19.4. The van der Waals surface area contributed by atoms with Crippen LogP contribution in [0.3, 0.4) is 0 Å². The molecular formula is C40H67N13O14. The van der Waals surface area contributed by atoms with Crippen molar-refractivity contribution in [1.29, 1.82) is 0 Å². The number of likely N-dealkylation sites (tertiary alicyclic amines) is 1. The first kappa shape index (κ1) is 56.5. The van der Waals surface area contributed by atoms with Crippen LogP contribution >= 0.6 is 0 Å². The normalized spacial score (nSPS) is 18.6. The van der Waals surface area contributed by atoms with Crippen LogP contribution in [0.1, 0.15) is 91.9 Å². The number of nitrogens with zero attached hydrogens (tertiary/aromatic N) is 2. The molecule has 2 aliphatic heterocycles. The molecule has 27 nitrogen and oxygen atoms in total. The quantitative estimate of drug-likeness (QED) is 0.0197. The molecule has 2 fully saturated rings. The molecule has 0 aromatic rings. The second kappa shape index (κ2) is 27.7. The van der Waals surface area contributed by atoms with Crippen molar-refractivity contribution in [2.24, 2.45) is 28.1 Å². The van der Waals surface area contributed by atoms with Gasteiger partial charge < -0.3 is 80.0 Å². The summed E-state index contributed by atoms with van der Waals surface area (Å²) in [5, 5.41) is 48.8. The molecule has 0 unspecified atom stereocenters. The van der Waals surface area contributed by atoms with E-state index in [1.807, 2.05) is 0 Å². The van der Waals surface area contributed by atoms with Gasteiger partial charge >= 0.3 is 11.9 Å². The van der Waals surface area contributed by atoms with Gasteiger partial charge in [0.25, 0.3) is 0 Å². The Morgan fingerprint density at radius 1 is 0.701 bits per heavy atom. The van der Waals surface area contributed by atoms with E-state index in [0.717, 1.165) is 0 Å². The number of nitrogens with one attached hydrogen (secondary N) is 8. The largest absolute Gasteiger partial charge is 0.481 e. The zero-order valence-corrected chi connectivity index (χ0v) is 38.1. The minimum absolute atomic E-state index is 0.0369. The maximum Gasteiger partial charge on any atom is 0.325 e. The fourth-order valence-electron chi connectivity index (χ4n) is 7.13. The number of aliphatic imine (C=N–C) groups is 1. The summed E-state index contributed by atoms with van der Waals surface area (Å²) in [4.78, 5) is 147. The predicted octanol–water partition coefficient (Wildman–Crippen LogP) is -5.92.